The van der Waals surface area contributed by atoms with Gasteiger partial charge in [-0.25, -0.2) is 4.98 Å². The smallest absolute Gasteiger partial charge is 0.226 e. The van der Waals surface area contributed by atoms with Gasteiger partial charge in [0.05, 0.1) is 0 Å². The molecule has 0 atom stereocenters. The Balaban J connectivity index is 1.50. The first-order chi connectivity index (χ1) is 12.1. The van der Waals surface area contributed by atoms with Crippen LogP contribution >= 0.6 is 0 Å². The van der Waals surface area contributed by atoms with E-state index in [9.17, 15) is 0 Å². The maximum absolute atomic E-state index is 4.66. The maximum Gasteiger partial charge on any atom is 0.226 e. The normalized spacial score (nSPS) is 16.0. The molecule has 2 aromatic heterocycles. The molecule has 6 heteroatoms. The maximum atomic E-state index is 4.66. The van der Waals surface area contributed by atoms with Gasteiger partial charge in [-0.05, 0) is 31.0 Å². The third kappa shape index (κ3) is 4.66. The molecule has 1 aliphatic rings. The van der Waals surface area contributed by atoms with Gasteiger partial charge in [0.2, 0.25) is 5.95 Å². The largest absolute Gasteiger partial charge is 0.356 e. The molecule has 0 bridgehead atoms. The predicted octanol–water partition coefficient (Wildman–Crippen LogP) is 2.08. The van der Waals surface area contributed by atoms with Gasteiger partial charge in [0.1, 0.15) is 5.82 Å². The third-order valence-corrected chi connectivity index (χ3v) is 4.90. The van der Waals surface area contributed by atoms with Crippen molar-refractivity contribution in [3.63, 3.8) is 0 Å². The highest BCUT2D eigenvalue weighted by atomic mass is 15.3. The molecule has 0 spiro atoms. The Kier molecular flexibility index (Phi) is 5.81. The molecule has 3 rings (SSSR count). The molecule has 0 aromatic carbocycles. The average Bonchev–Trinajstić information content (AvgIpc) is 2.67. The van der Waals surface area contributed by atoms with Crippen LogP contribution in [0.3, 0.4) is 0 Å². The van der Waals surface area contributed by atoms with Crippen LogP contribution in [0, 0.1) is 0 Å². The van der Waals surface area contributed by atoms with Gasteiger partial charge in [-0.15, -0.1) is 0 Å². The van der Waals surface area contributed by atoms with E-state index in [1.165, 1.54) is 18.5 Å². The van der Waals surface area contributed by atoms with Gasteiger partial charge in [0.15, 0.2) is 0 Å². The highest BCUT2D eigenvalue weighted by Crippen LogP contribution is 2.21. The van der Waals surface area contributed by atoms with Crippen LogP contribution in [0.25, 0.3) is 0 Å². The second-order valence-electron chi connectivity index (χ2n) is 6.86. The number of nitrogens with zero attached hydrogens (tertiary/aromatic N) is 6. The van der Waals surface area contributed by atoms with Crippen molar-refractivity contribution in [2.75, 3.05) is 50.6 Å². The SMILES string of the molecule is CN(C)c1nccc(N(C)C2CCN(CCc3ccccn3)CC2)n1. The number of piperidine rings is 1. The van der Waals surface area contributed by atoms with Crippen molar-refractivity contribution in [3.8, 4) is 0 Å². The first-order valence-electron chi connectivity index (χ1n) is 8.99. The van der Waals surface area contributed by atoms with Gasteiger partial charge in [0.25, 0.3) is 0 Å². The lowest BCUT2D eigenvalue weighted by molar-refractivity contribution is 0.212. The van der Waals surface area contributed by atoms with E-state index >= 15 is 0 Å². The van der Waals surface area contributed by atoms with Gasteiger partial charge < -0.3 is 14.7 Å². The summed E-state index contributed by atoms with van der Waals surface area (Å²) in [7, 11) is 6.09. The Hall–Kier alpha value is -2.21. The Labute approximate surface area is 150 Å². The number of hydrogen-bond acceptors (Lipinski definition) is 6. The topological polar surface area (TPSA) is 48.4 Å². The molecule has 0 saturated carbocycles. The highest BCUT2D eigenvalue weighted by Gasteiger charge is 2.23. The Morgan fingerprint density at radius 3 is 2.52 bits per heavy atom. The van der Waals surface area contributed by atoms with Crippen LogP contribution < -0.4 is 9.80 Å². The van der Waals surface area contributed by atoms with Gasteiger partial charge in [-0.1, -0.05) is 6.07 Å². The van der Waals surface area contributed by atoms with E-state index in [4.69, 9.17) is 0 Å². The summed E-state index contributed by atoms with van der Waals surface area (Å²) < 4.78 is 0. The Morgan fingerprint density at radius 2 is 1.84 bits per heavy atom. The molecule has 1 fully saturated rings. The number of hydrogen-bond donors (Lipinski definition) is 0. The quantitative estimate of drug-likeness (QED) is 0.802. The standard InChI is InChI=1S/C19H28N6/c1-23(2)19-21-12-7-18(22-19)24(3)17-9-14-25(15-10-17)13-8-16-6-4-5-11-20-16/h4-7,11-12,17H,8-10,13-15H2,1-3H3. The van der Waals surface area contributed by atoms with Crippen LogP contribution in [0.1, 0.15) is 18.5 Å². The second-order valence-corrected chi connectivity index (χ2v) is 6.86. The molecule has 0 unspecified atom stereocenters. The lowest BCUT2D eigenvalue weighted by atomic mass is 10.0. The third-order valence-electron chi connectivity index (χ3n) is 4.90. The summed E-state index contributed by atoms with van der Waals surface area (Å²) in [6, 6.07) is 8.68. The molecule has 6 nitrogen and oxygen atoms in total. The number of pyridine rings is 1. The van der Waals surface area contributed by atoms with Crippen LogP contribution in [-0.2, 0) is 6.42 Å². The van der Waals surface area contributed by atoms with E-state index in [1.807, 2.05) is 43.5 Å². The van der Waals surface area contributed by atoms with E-state index in [2.05, 4.69) is 43.9 Å². The average molecular weight is 340 g/mol. The van der Waals surface area contributed by atoms with Crippen molar-refractivity contribution < 1.29 is 0 Å². The lowest BCUT2D eigenvalue weighted by Gasteiger charge is -2.37. The summed E-state index contributed by atoms with van der Waals surface area (Å²) in [6.45, 7) is 3.35. The molecule has 1 saturated heterocycles. The summed E-state index contributed by atoms with van der Waals surface area (Å²) in [4.78, 5) is 20.2. The van der Waals surface area contributed by atoms with Crippen molar-refractivity contribution in [3.05, 3.63) is 42.4 Å². The molecule has 134 valence electrons. The lowest BCUT2D eigenvalue weighted by Crippen LogP contribution is -2.44. The van der Waals surface area contributed by atoms with Crippen molar-refractivity contribution >= 4 is 11.8 Å². The molecule has 0 radical (unpaired) electrons. The molecule has 3 heterocycles. The zero-order chi connectivity index (χ0) is 17.6. The molecule has 0 amide bonds. The first kappa shape index (κ1) is 17.6. The fraction of sp³-hybridized carbons (Fsp3) is 0.526. The first-order valence-corrected chi connectivity index (χ1v) is 8.99. The van der Waals surface area contributed by atoms with Crippen molar-refractivity contribution in [1.29, 1.82) is 0 Å². The summed E-state index contributed by atoms with van der Waals surface area (Å²) in [6.07, 6.45) is 7.08. The van der Waals surface area contributed by atoms with E-state index in [0.29, 0.717) is 6.04 Å². The summed E-state index contributed by atoms with van der Waals surface area (Å²) in [5.41, 5.74) is 1.18. The van der Waals surface area contributed by atoms with Crippen LogP contribution in [0.4, 0.5) is 11.8 Å². The van der Waals surface area contributed by atoms with Crippen molar-refractivity contribution in [2.24, 2.45) is 0 Å². The van der Waals surface area contributed by atoms with Crippen LogP contribution in [0.5, 0.6) is 0 Å². The fourth-order valence-corrected chi connectivity index (χ4v) is 3.29. The monoisotopic (exact) mass is 340 g/mol. The van der Waals surface area contributed by atoms with Crippen molar-refractivity contribution in [2.45, 2.75) is 25.3 Å². The molecule has 0 N–H and O–H groups in total. The zero-order valence-electron chi connectivity index (χ0n) is 15.5. The molecule has 25 heavy (non-hydrogen) atoms. The van der Waals surface area contributed by atoms with Crippen molar-refractivity contribution in [1.82, 2.24) is 19.9 Å². The summed E-state index contributed by atoms with van der Waals surface area (Å²) in [5, 5.41) is 0. The summed E-state index contributed by atoms with van der Waals surface area (Å²) >= 11 is 0. The minimum atomic E-state index is 0.538. The van der Waals surface area contributed by atoms with Gasteiger partial charge >= 0.3 is 0 Å². The van der Waals surface area contributed by atoms with Gasteiger partial charge in [-0.2, -0.15) is 4.98 Å². The predicted molar refractivity (Wildman–Crippen MR) is 102 cm³/mol. The van der Waals surface area contributed by atoms with E-state index in [0.717, 1.165) is 37.8 Å². The Bertz CT molecular complexity index is 652. The molecule has 0 aliphatic carbocycles. The minimum Gasteiger partial charge on any atom is -0.356 e. The molecule has 2 aromatic rings. The minimum absolute atomic E-state index is 0.538. The van der Waals surface area contributed by atoms with E-state index < -0.39 is 0 Å². The number of rotatable bonds is 6. The molecule has 1 aliphatic heterocycles. The number of anilines is 2. The fourth-order valence-electron chi connectivity index (χ4n) is 3.29. The number of likely N-dealkylation sites (tertiary alicyclic amines) is 1. The van der Waals surface area contributed by atoms with Crippen LogP contribution in [0.15, 0.2) is 36.7 Å². The van der Waals surface area contributed by atoms with E-state index in [-0.39, 0.29) is 0 Å². The molecular formula is C19H28N6. The van der Waals surface area contributed by atoms with Crippen LogP contribution in [-0.4, -0.2) is 66.7 Å². The van der Waals surface area contributed by atoms with E-state index in [1.54, 1.807) is 0 Å². The van der Waals surface area contributed by atoms with Gasteiger partial charge in [-0.3, -0.25) is 4.98 Å². The zero-order valence-corrected chi connectivity index (χ0v) is 15.5. The van der Waals surface area contributed by atoms with Gasteiger partial charge in [0, 0.05) is 71.3 Å². The molecular weight excluding hydrogens is 312 g/mol. The summed E-state index contributed by atoms with van der Waals surface area (Å²) in [5.74, 6) is 1.77. The second kappa shape index (κ2) is 8.25. The van der Waals surface area contributed by atoms with Crippen LogP contribution in [0.2, 0.25) is 0 Å². The Morgan fingerprint density at radius 1 is 1.04 bits per heavy atom. The number of aromatic nitrogens is 3. The highest BCUT2D eigenvalue weighted by molar-refractivity contribution is 5.43.